The average molecular weight is 447 g/mol. The van der Waals surface area contributed by atoms with E-state index in [0.29, 0.717) is 11.1 Å². The Balaban J connectivity index is 1.57. The number of rotatable bonds is 5. The van der Waals surface area contributed by atoms with Crippen LogP contribution in [0.4, 0.5) is 10.1 Å². The second kappa shape index (κ2) is 9.01. The summed E-state index contributed by atoms with van der Waals surface area (Å²) in [4.78, 5) is 50.2. The Morgan fingerprint density at radius 3 is 2.36 bits per heavy atom. The third-order valence-corrected chi connectivity index (χ3v) is 5.18. The van der Waals surface area contributed by atoms with Gasteiger partial charge in [0, 0.05) is 23.4 Å². The zero-order valence-electron chi connectivity index (χ0n) is 17.1. The predicted molar refractivity (Wildman–Crippen MR) is 115 cm³/mol. The van der Waals surface area contributed by atoms with E-state index in [-0.39, 0.29) is 28.4 Å². The molecule has 1 unspecified atom stereocenters. The fraction of sp³-hybridized carbons (Fsp3) is 0.0833. The molecular formula is C24H18FN3O5. The molecule has 1 atom stereocenters. The second-order valence-electron chi connectivity index (χ2n) is 7.35. The predicted octanol–water partition coefficient (Wildman–Crippen LogP) is 2.85. The van der Waals surface area contributed by atoms with Crippen molar-refractivity contribution in [2.45, 2.75) is 12.5 Å². The molecule has 0 saturated heterocycles. The first-order valence-corrected chi connectivity index (χ1v) is 9.95. The molecule has 4 rings (SSSR count). The van der Waals surface area contributed by atoms with Gasteiger partial charge in [-0.1, -0.05) is 36.4 Å². The standard InChI is InChI=1S/C24H18FN3O5/c25-16-8-6-14(7-9-16)13-26-22(30)20-18-11-10-17(12-19(18)23(31)28(33)24(20)32)27-21(29)15-4-2-1-3-5-15/h1-12,20,33H,13H2,(H,26,30)(H,27,29). The smallest absolute Gasteiger partial charge is 0.285 e. The van der Waals surface area contributed by atoms with E-state index in [1.165, 1.54) is 42.5 Å². The maximum Gasteiger partial charge on any atom is 0.285 e. The molecule has 3 N–H and O–H groups in total. The zero-order valence-corrected chi connectivity index (χ0v) is 17.1. The minimum Gasteiger partial charge on any atom is -0.351 e. The van der Waals surface area contributed by atoms with E-state index < -0.39 is 35.4 Å². The molecule has 0 bridgehead atoms. The first kappa shape index (κ1) is 21.8. The van der Waals surface area contributed by atoms with Gasteiger partial charge in [0.25, 0.3) is 17.7 Å². The molecule has 9 heteroatoms. The van der Waals surface area contributed by atoms with Crippen LogP contribution in [0, 0.1) is 5.82 Å². The van der Waals surface area contributed by atoms with Gasteiger partial charge >= 0.3 is 0 Å². The highest BCUT2D eigenvalue weighted by Crippen LogP contribution is 2.31. The van der Waals surface area contributed by atoms with Gasteiger partial charge in [-0.25, -0.2) is 4.39 Å². The number of imide groups is 1. The molecule has 0 aliphatic carbocycles. The fourth-order valence-corrected chi connectivity index (χ4v) is 3.48. The van der Waals surface area contributed by atoms with Crippen molar-refractivity contribution in [1.82, 2.24) is 10.4 Å². The highest BCUT2D eigenvalue weighted by molar-refractivity contribution is 6.18. The molecule has 0 fully saturated rings. The number of nitrogens with one attached hydrogen (secondary N) is 2. The maximum atomic E-state index is 13.1. The van der Waals surface area contributed by atoms with Crippen LogP contribution in [0.2, 0.25) is 0 Å². The van der Waals surface area contributed by atoms with Gasteiger partial charge in [0.1, 0.15) is 11.7 Å². The van der Waals surface area contributed by atoms with Crippen molar-refractivity contribution >= 4 is 29.3 Å². The van der Waals surface area contributed by atoms with Crippen molar-refractivity contribution < 1.29 is 28.8 Å². The molecule has 33 heavy (non-hydrogen) atoms. The summed E-state index contributed by atoms with van der Waals surface area (Å²) in [7, 11) is 0. The van der Waals surface area contributed by atoms with Crippen molar-refractivity contribution in [1.29, 1.82) is 0 Å². The topological polar surface area (TPSA) is 116 Å². The zero-order chi connectivity index (χ0) is 23.5. The Morgan fingerprint density at radius 2 is 1.67 bits per heavy atom. The van der Waals surface area contributed by atoms with Gasteiger partial charge in [-0.15, -0.1) is 0 Å². The number of hydroxylamine groups is 2. The summed E-state index contributed by atoms with van der Waals surface area (Å²) in [5.41, 5.74) is 1.27. The van der Waals surface area contributed by atoms with Gasteiger partial charge in [-0.05, 0) is 47.5 Å². The Morgan fingerprint density at radius 1 is 0.970 bits per heavy atom. The van der Waals surface area contributed by atoms with Gasteiger partial charge < -0.3 is 10.6 Å². The van der Waals surface area contributed by atoms with Crippen LogP contribution in [-0.2, 0) is 16.1 Å². The molecule has 0 spiro atoms. The third kappa shape index (κ3) is 4.48. The van der Waals surface area contributed by atoms with Crippen LogP contribution in [-0.4, -0.2) is 33.9 Å². The molecule has 0 aromatic heterocycles. The van der Waals surface area contributed by atoms with E-state index in [9.17, 15) is 28.8 Å². The lowest BCUT2D eigenvalue weighted by Gasteiger charge is -2.28. The van der Waals surface area contributed by atoms with Crippen molar-refractivity contribution in [3.8, 4) is 0 Å². The lowest BCUT2D eigenvalue weighted by molar-refractivity contribution is -0.158. The summed E-state index contributed by atoms with van der Waals surface area (Å²) >= 11 is 0. The number of anilines is 1. The highest BCUT2D eigenvalue weighted by Gasteiger charge is 2.42. The number of halogens is 1. The lowest BCUT2D eigenvalue weighted by atomic mass is 9.88. The van der Waals surface area contributed by atoms with Crippen molar-refractivity contribution in [3.63, 3.8) is 0 Å². The van der Waals surface area contributed by atoms with Crippen LogP contribution in [0.1, 0.15) is 37.8 Å². The van der Waals surface area contributed by atoms with Crippen LogP contribution in [0.25, 0.3) is 0 Å². The first-order chi connectivity index (χ1) is 15.8. The minimum atomic E-state index is -1.47. The number of hydrogen-bond acceptors (Lipinski definition) is 5. The maximum absolute atomic E-state index is 13.1. The van der Waals surface area contributed by atoms with E-state index in [0.717, 1.165) is 0 Å². The molecule has 8 nitrogen and oxygen atoms in total. The number of fused-ring (bicyclic) bond motifs is 1. The Labute approximate surface area is 187 Å². The van der Waals surface area contributed by atoms with Crippen LogP contribution < -0.4 is 10.6 Å². The number of nitrogens with zero attached hydrogens (tertiary/aromatic N) is 1. The fourth-order valence-electron chi connectivity index (χ4n) is 3.48. The molecule has 166 valence electrons. The highest BCUT2D eigenvalue weighted by atomic mass is 19.1. The summed E-state index contributed by atoms with van der Waals surface area (Å²) in [5, 5.41) is 15.1. The SMILES string of the molecule is O=C(Nc1ccc2c(c1)C(=O)N(O)C(=O)C2C(=O)NCc1ccc(F)cc1)c1ccccc1. The van der Waals surface area contributed by atoms with Crippen LogP contribution in [0.5, 0.6) is 0 Å². The number of hydrogen-bond donors (Lipinski definition) is 3. The van der Waals surface area contributed by atoms with Gasteiger partial charge in [0.15, 0.2) is 0 Å². The van der Waals surface area contributed by atoms with Gasteiger partial charge in [0.2, 0.25) is 5.91 Å². The monoisotopic (exact) mass is 447 g/mol. The molecular weight excluding hydrogens is 429 g/mol. The quantitative estimate of drug-likeness (QED) is 0.316. The van der Waals surface area contributed by atoms with E-state index in [4.69, 9.17) is 0 Å². The van der Waals surface area contributed by atoms with Crippen molar-refractivity contribution in [3.05, 3.63) is 101 Å². The molecule has 3 aromatic carbocycles. The summed E-state index contributed by atoms with van der Waals surface area (Å²) in [5.74, 6) is -5.14. The Hall–Kier alpha value is -4.37. The van der Waals surface area contributed by atoms with Crippen molar-refractivity contribution in [2.75, 3.05) is 5.32 Å². The van der Waals surface area contributed by atoms with E-state index in [1.807, 2.05) is 0 Å². The van der Waals surface area contributed by atoms with Crippen LogP contribution in [0.15, 0.2) is 72.8 Å². The van der Waals surface area contributed by atoms with Crippen molar-refractivity contribution in [2.24, 2.45) is 0 Å². The Bertz CT molecular complexity index is 1240. The molecule has 4 amide bonds. The third-order valence-electron chi connectivity index (χ3n) is 5.18. The normalized spacial score (nSPS) is 15.1. The molecule has 0 saturated carbocycles. The van der Waals surface area contributed by atoms with Gasteiger partial charge in [-0.3, -0.25) is 24.4 Å². The van der Waals surface area contributed by atoms with Crippen LogP contribution >= 0.6 is 0 Å². The number of carbonyl (C=O) groups excluding carboxylic acids is 4. The van der Waals surface area contributed by atoms with E-state index in [2.05, 4.69) is 10.6 Å². The molecule has 1 heterocycles. The Kier molecular flexibility index (Phi) is 5.97. The molecule has 3 aromatic rings. The number of benzene rings is 3. The van der Waals surface area contributed by atoms with E-state index >= 15 is 0 Å². The van der Waals surface area contributed by atoms with E-state index in [1.54, 1.807) is 30.3 Å². The lowest BCUT2D eigenvalue weighted by Crippen LogP contribution is -2.47. The second-order valence-corrected chi connectivity index (χ2v) is 7.35. The molecule has 1 aliphatic rings. The molecule has 1 aliphatic heterocycles. The summed E-state index contributed by atoms with van der Waals surface area (Å²) in [6.45, 7) is 0.0167. The van der Waals surface area contributed by atoms with Gasteiger partial charge in [0.05, 0.1) is 0 Å². The average Bonchev–Trinajstić information content (AvgIpc) is 2.83. The first-order valence-electron chi connectivity index (χ1n) is 9.95. The number of carbonyl (C=O) groups is 4. The minimum absolute atomic E-state index is 0.0167. The number of amides is 4. The van der Waals surface area contributed by atoms with Crippen LogP contribution in [0.3, 0.4) is 0 Å². The largest absolute Gasteiger partial charge is 0.351 e. The summed E-state index contributed by atoms with van der Waals surface area (Å²) in [6, 6.07) is 18.0. The summed E-state index contributed by atoms with van der Waals surface area (Å²) in [6.07, 6.45) is 0. The molecule has 0 radical (unpaired) electrons. The summed E-state index contributed by atoms with van der Waals surface area (Å²) < 4.78 is 13.1. The van der Waals surface area contributed by atoms with Gasteiger partial charge in [-0.2, -0.15) is 5.06 Å².